The molecule has 0 bridgehead atoms. The Morgan fingerprint density at radius 1 is 1.00 bits per heavy atom. The third-order valence-corrected chi connectivity index (χ3v) is 5.53. The van der Waals surface area contributed by atoms with E-state index in [1.54, 1.807) is 12.1 Å². The van der Waals surface area contributed by atoms with Gasteiger partial charge < -0.3 is 15.1 Å². The number of hydrogen-bond donors (Lipinski definition) is 1. The Hall–Kier alpha value is -3.37. The summed E-state index contributed by atoms with van der Waals surface area (Å²) < 4.78 is 0. The molecule has 0 spiro atoms. The Morgan fingerprint density at radius 3 is 2.06 bits per heavy atom. The van der Waals surface area contributed by atoms with Crippen molar-refractivity contribution in [1.82, 2.24) is 9.80 Å². The van der Waals surface area contributed by atoms with Crippen molar-refractivity contribution in [2.75, 3.05) is 45.1 Å². The topological polar surface area (TPSA) is 122 Å². The quantitative estimate of drug-likeness (QED) is 0.532. The number of carbonyl (C=O) groups excluding carboxylic acids is 1. The van der Waals surface area contributed by atoms with E-state index >= 15 is 0 Å². The molecule has 1 fully saturated rings. The molecule has 10 nitrogen and oxygen atoms in total. The van der Waals surface area contributed by atoms with Crippen molar-refractivity contribution in [3.63, 3.8) is 0 Å². The molecule has 0 aliphatic carbocycles. The van der Waals surface area contributed by atoms with E-state index in [4.69, 9.17) is 0 Å². The van der Waals surface area contributed by atoms with Crippen LogP contribution < -0.4 is 5.32 Å². The molecule has 10 heteroatoms. The van der Waals surface area contributed by atoms with Crippen LogP contribution in [-0.4, -0.2) is 65.3 Å². The molecule has 0 atom stereocenters. The molecule has 164 valence electrons. The second-order valence-electron chi connectivity index (χ2n) is 7.70. The van der Waals surface area contributed by atoms with Gasteiger partial charge in [0.05, 0.1) is 15.4 Å². The van der Waals surface area contributed by atoms with Crippen molar-refractivity contribution in [3.05, 3.63) is 73.3 Å². The number of nitro benzene ring substituents is 2. The minimum Gasteiger partial charge on any atom is -0.322 e. The Morgan fingerprint density at radius 2 is 1.55 bits per heavy atom. The highest BCUT2D eigenvalue weighted by Crippen LogP contribution is 2.29. The van der Waals surface area contributed by atoms with Crippen LogP contribution in [-0.2, 0) is 6.42 Å². The van der Waals surface area contributed by atoms with Gasteiger partial charge in [-0.15, -0.1) is 0 Å². The summed E-state index contributed by atoms with van der Waals surface area (Å²) in [5.41, 5.74) is 0.509. The Bertz CT molecular complexity index is 949. The van der Waals surface area contributed by atoms with Gasteiger partial charge in [0.1, 0.15) is 5.56 Å². The van der Waals surface area contributed by atoms with Gasteiger partial charge in [0.2, 0.25) is 0 Å². The van der Waals surface area contributed by atoms with Crippen molar-refractivity contribution >= 4 is 23.0 Å². The predicted octanol–water partition coefficient (Wildman–Crippen LogP) is 2.85. The summed E-state index contributed by atoms with van der Waals surface area (Å²) in [6.07, 6.45) is 0.897. The van der Waals surface area contributed by atoms with E-state index in [2.05, 4.69) is 22.2 Å². The van der Waals surface area contributed by atoms with Gasteiger partial charge in [-0.3, -0.25) is 25.0 Å². The highest BCUT2D eigenvalue weighted by atomic mass is 16.6. The van der Waals surface area contributed by atoms with Crippen molar-refractivity contribution < 1.29 is 14.6 Å². The fourth-order valence-electron chi connectivity index (χ4n) is 3.51. The van der Waals surface area contributed by atoms with Gasteiger partial charge in [0.25, 0.3) is 17.3 Å². The van der Waals surface area contributed by atoms with E-state index < -0.39 is 27.1 Å². The zero-order valence-electron chi connectivity index (χ0n) is 17.5. The van der Waals surface area contributed by atoms with E-state index in [0.29, 0.717) is 5.69 Å². The minimum atomic E-state index is -0.728. The minimum absolute atomic E-state index is 0.0868. The largest absolute Gasteiger partial charge is 0.322 e. The standard InChI is InChI=1S/C21H25N5O5/c1-15-19(25(28)29)13-17(14-20(15)26(30)31)21(27)22-18-5-3-16(4-6-18)7-8-24-11-9-23(2)10-12-24/h3-6,13-14H,7-12H2,1-2H3,(H,22,27). The third kappa shape index (κ3) is 5.62. The Balaban J connectivity index is 1.65. The molecular formula is C21H25N5O5. The maximum Gasteiger partial charge on any atom is 0.279 e. The van der Waals surface area contributed by atoms with Crippen LogP contribution in [0.2, 0.25) is 0 Å². The number of rotatable bonds is 7. The highest BCUT2D eigenvalue weighted by molar-refractivity contribution is 6.05. The van der Waals surface area contributed by atoms with E-state index in [1.807, 2.05) is 12.1 Å². The molecular weight excluding hydrogens is 402 g/mol. The molecule has 1 heterocycles. The molecule has 1 aliphatic rings. The van der Waals surface area contributed by atoms with Gasteiger partial charge in [-0.1, -0.05) is 12.1 Å². The molecule has 0 unspecified atom stereocenters. The molecule has 3 rings (SSSR count). The number of nitro groups is 2. The summed E-state index contributed by atoms with van der Waals surface area (Å²) in [7, 11) is 2.12. The predicted molar refractivity (Wildman–Crippen MR) is 117 cm³/mol. The molecule has 1 saturated heterocycles. The van der Waals surface area contributed by atoms with Crippen molar-refractivity contribution in [1.29, 1.82) is 0 Å². The smallest absolute Gasteiger partial charge is 0.279 e. The average molecular weight is 427 g/mol. The first kappa shape index (κ1) is 22.3. The first-order valence-electron chi connectivity index (χ1n) is 9.99. The van der Waals surface area contributed by atoms with Gasteiger partial charge in [0, 0.05) is 50.5 Å². The molecule has 2 aromatic carbocycles. The van der Waals surface area contributed by atoms with Crippen molar-refractivity contribution in [2.45, 2.75) is 13.3 Å². The number of piperazine rings is 1. The fourth-order valence-corrected chi connectivity index (χ4v) is 3.51. The number of carbonyl (C=O) groups is 1. The average Bonchev–Trinajstić information content (AvgIpc) is 2.74. The first-order chi connectivity index (χ1) is 14.7. The summed E-state index contributed by atoms with van der Waals surface area (Å²) in [5, 5.41) is 25.1. The Kier molecular flexibility index (Phi) is 6.93. The summed E-state index contributed by atoms with van der Waals surface area (Å²) in [5.74, 6) is -0.642. The van der Waals surface area contributed by atoms with Crippen LogP contribution >= 0.6 is 0 Å². The van der Waals surface area contributed by atoms with E-state index in [9.17, 15) is 25.0 Å². The van der Waals surface area contributed by atoms with Crippen LogP contribution in [0.25, 0.3) is 0 Å². The molecule has 0 saturated carbocycles. The number of benzene rings is 2. The van der Waals surface area contributed by atoms with E-state index in [1.165, 1.54) is 6.92 Å². The molecule has 1 N–H and O–H groups in total. The fraction of sp³-hybridized carbons (Fsp3) is 0.381. The lowest BCUT2D eigenvalue weighted by Gasteiger charge is -2.32. The van der Waals surface area contributed by atoms with Gasteiger partial charge in [0.15, 0.2) is 0 Å². The second kappa shape index (κ2) is 9.63. The second-order valence-corrected chi connectivity index (χ2v) is 7.70. The third-order valence-electron chi connectivity index (χ3n) is 5.53. The van der Waals surface area contributed by atoms with Crippen LogP contribution in [0, 0.1) is 27.2 Å². The van der Waals surface area contributed by atoms with Gasteiger partial charge in [-0.2, -0.15) is 0 Å². The Labute approximate surface area is 179 Å². The van der Waals surface area contributed by atoms with Crippen molar-refractivity contribution in [2.24, 2.45) is 0 Å². The normalized spacial score (nSPS) is 14.9. The molecule has 31 heavy (non-hydrogen) atoms. The zero-order valence-corrected chi connectivity index (χ0v) is 17.5. The van der Waals surface area contributed by atoms with Gasteiger partial charge in [-0.05, 0) is 38.1 Å². The monoisotopic (exact) mass is 427 g/mol. The van der Waals surface area contributed by atoms with Crippen LogP contribution in [0.1, 0.15) is 21.5 Å². The van der Waals surface area contributed by atoms with Crippen LogP contribution in [0.5, 0.6) is 0 Å². The highest BCUT2D eigenvalue weighted by Gasteiger charge is 2.25. The zero-order chi connectivity index (χ0) is 22.5. The lowest BCUT2D eigenvalue weighted by Crippen LogP contribution is -2.45. The van der Waals surface area contributed by atoms with Gasteiger partial charge in [-0.25, -0.2) is 0 Å². The van der Waals surface area contributed by atoms with Gasteiger partial charge >= 0.3 is 0 Å². The number of anilines is 1. The summed E-state index contributed by atoms with van der Waals surface area (Å²) in [6, 6.07) is 9.48. The molecule has 1 amide bonds. The molecule has 0 aromatic heterocycles. The van der Waals surface area contributed by atoms with E-state index in [-0.39, 0.29) is 11.1 Å². The molecule has 1 aliphatic heterocycles. The summed E-state index contributed by atoms with van der Waals surface area (Å²) >= 11 is 0. The number of likely N-dealkylation sites (N-methyl/N-ethyl adjacent to an activating group) is 1. The lowest BCUT2D eigenvalue weighted by molar-refractivity contribution is -0.395. The van der Waals surface area contributed by atoms with Crippen LogP contribution in [0.4, 0.5) is 17.1 Å². The lowest BCUT2D eigenvalue weighted by atomic mass is 10.1. The number of nitrogens with one attached hydrogen (secondary N) is 1. The molecule has 2 aromatic rings. The van der Waals surface area contributed by atoms with E-state index in [0.717, 1.165) is 56.8 Å². The van der Waals surface area contributed by atoms with Crippen LogP contribution in [0.3, 0.4) is 0 Å². The first-order valence-corrected chi connectivity index (χ1v) is 9.99. The number of amides is 1. The SMILES string of the molecule is Cc1c([N+](=O)[O-])cc(C(=O)Nc2ccc(CCN3CCN(C)CC3)cc2)cc1[N+](=O)[O-]. The molecule has 0 radical (unpaired) electrons. The summed E-state index contributed by atoms with van der Waals surface area (Å²) in [4.78, 5) is 38.2. The number of hydrogen-bond acceptors (Lipinski definition) is 7. The van der Waals surface area contributed by atoms with Crippen molar-refractivity contribution in [3.8, 4) is 0 Å². The number of nitrogens with zero attached hydrogens (tertiary/aromatic N) is 4. The maximum atomic E-state index is 12.6. The van der Waals surface area contributed by atoms with Crippen LogP contribution in [0.15, 0.2) is 36.4 Å². The maximum absolute atomic E-state index is 12.6. The summed E-state index contributed by atoms with van der Waals surface area (Å²) in [6.45, 7) is 6.51.